The van der Waals surface area contributed by atoms with Crippen molar-refractivity contribution in [1.82, 2.24) is 20.2 Å². The predicted octanol–water partition coefficient (Wildman–Crippen LogP) is 4.67. The van der Waals surface area contributed by atoms with Crippen molar-refractivity contribution in [3.05, 3.63) is 47.0 Å². The first-order chi connectivity index (χ1) is 12.7. The van der Waals surface area contributed by atoms with Crippen molar-refractivity contribution < 1.29 is 0 Å². The fraction of sp³-hybridized carbons (Fsp3) is 0.222. The summed E-state index contributed by atoms with van der Waals surface area (Å²) < 4.78 is 2.03. The van der Waals surface area contributed by atoms with Crippen LogP contribution in [0.1, 0.15) is 18.4 Å². The second kappa shape index (κ2) is 6.61. The van der Waals surface area contributed by atoms with Gasteiger partial charge in [-0.1, -0.05) is 41.2 Å². The lowest BCUT2D eigenvalue weighted by Crippen LogP contribution is -1.99. The molecule has 1 saturated carbocycles. The minimum Gasteiger partial charge on any atom is -0.254 e. The van der Waals surface area contributed by atoms with Gasteiger partial charge in [0.2, 0.25) is 4.80 Å². The molecule has 0 atom stereocenters. The number of aromatic amines is 1. The molecular weight excluding hydrogens is 382 g/mol. The van der Waals surface area contributed by atoms with E-state index in [-0.39, 0.29) is 0 Å². The SMILES string of the molecule is Cc1ccc(-c2cc3ncnc(Sc4n[nH]/c(=N\C5CC5)s4)c3s2)cc1. The van der Waals surface area contributed by atoms with Crippen LogP contribution in [0.15, 0.2) is 51.0 Å². The average Bonchev–Trinajstić information content (AvgIpc) is 3.16. The molecule has 0 aliphatic heterocycles. The van der Waals surface area contributed by atoms with Crippen molar-refractivity contribution in [2.24, 2.45) is 4.99 Å². The van der Waals surface area contributed by atoms with E-state index in [1.807, 2.05) is 0 Å². The zero-order valence-corrected chi connectivity index (χ0v) is 16.4. The summed E-state index contributed by atoms with van der Waals surface area (Å²) in [5, 5.41) is 8.35. The van der Waals surface area contributed by atoms with Gasteiger partial charge in [-0.15, -0.1) is 11.3 Å². The minimum atomic E-state index is 0.490. The molecule has 0 amide bonds. The summed E-state index contributed by atoms with van der Waals surface area (Å²) in [7, 11) is 0. The Morgan fingerprint density at radius 1 is 1.15 bits per heavy atom. The van der Waals surface area contributed by atoms with Gasteiger partial charge in [0.25, 0.3) is 0 Å². The molecule has 5 nitrogen and oxygen atoms in total. The van der Waals surface area contributed by atoms with Crippen LogP contribution in [0.4, 0.5) is 0 Å². The lowest BCUT2D eigenvalue weighted by molar-refractivity contribution is 0.917. The minimum absolute atomic E-state index is 0.490. The normalized spacial score (nSPS) is 15.0. The number of aryl methyl sites for hydroxylation is 1. The van der Waals surface area contributed by atoms with E-state index >= 15 is 0 Å². The van der Waals surface area contributed by atoms with Gasteiger partial charge in [0, 0.05) is 4.88 Å². The number of hydrogen-bond acceptors (Lipinski definition) is 7. The van der Waals surface area contributed by atoms with Crippen molar-refractivity contribution in [1.29, 1.82) is 0 Å². The maximum absolute atomic E-state index is 4.60. The highest BCUT2D eigenvalue weighted by atomic mass is 32.2. The van der Waals surface area contributed by atoms with E-state index in [1.54, 1.807) is 40.8 Å². The van der Waals surface area contributed by atoms with Crippen molar-refractivity contribution in [3.63, 3.8) is 0 Å². The molecular formula is C18H15N5S3. The van der Waals surface area contributed by atoms with Crippen LogP contribution in [0.2, 0.25) is 0 Å². The zero-order valence-electron chi connectivity index (χ0n) is 14.0. The maximum atomic E-state index is 4.60. The molecule has 0 unspecified atom stereocenters. The third-order valence-corrected chi connectivity index (χ3v) is 7.31. The number of thiophene rings is 1. The predicted molar refractivity (Wildman–Crippen MR) is 107 cm³/mol. The van der Waals surface area contributed by atoms with Gasteiger partial charge in [0.1, 0.15) is 11.4 Å². The highest BCUT2D eigenvalue weighted by molar-refractivity contribution is 8.01. The smallest absolute Gasteiger partial charge is 0.201 e. The van der Waals surface area contributed by atoms with E-state index in [1.165, 1.54) is 28.8 Å². The summed E-state index contributed by atoms with van der Waals surface area (Å²) in [5.74, 6) is 0. The zero-order chi connectivity index (χ0) is 17.5. The van der Waals surface area contributed by atoms with Gasteiger partial charge < -0.3 is 0 Å². The van der Waals surface area contributed by atoms with Gasteiger partial charge in [-0.2, -0.15) is 5.10 Å². The summed E-state index contributed by atoms with van der Waals surface area (Å²) in [6, 6.07) is 11.2. The highest BCUT2D eigenvalue weighted by Crippen LogP contribution is 2.39. The Hall–Kier alpha value is -2.03. The molecule has 1 aliphatic carbocycles. The number of H-pyrrole nitrogens is 1. The van der Waals surface area contributed by atoms with Crippen LogP contribution in [0, 0.1) is 6.92 Å². The molecule has 0 spiro atoms. The third-order valence-electron chi connectivity index (χ3n) is 4.07. The van der Waals surface area contributed by atoms with Crippen molar-refractivity contribution in [2.75, 3.05) is 0 Å². The first-order valence-electron chi connectivity index (χ1n) is 8.33. The first kappa shape index (κ1) is 16.2. The topological polar surface area (TPSA) is 66.8 Å². The molecule has 3 heterocycles. The summed E-state index contributed by atoms with van der Waals surface area (Å²) in [4.78, 5) is 15.6. The molecule has 3 aromatic heterocycles. The highest BCUT2D eigenvalue weighted by Gasteiger charge is 2.20. The number of aromatic nitrogens is 4. The Bertz CT molecular complexity index is 1140. The van der Waals surface area contributed by atoms with Crippen LogP contribution < -0.4 is 4.80 Å². The molecule has 1 aromatic carbocycles. The van der Waals surface area contributed by atoms with Crippen molar-refractivity contribution >= 4 is 44.7 Å². The molecule has 0 bridgehead atoms. The number of fused-ring (bicyclic) bond motifs is 1. The van der Waals surface area contributed by atoms with Gasteiger partial charge >= 0.3 is 0 Å². The van der Waals surface area contributed by atoms with E-state index in [4.69, 9.17) is 0 Å². The van der Waals surface area contributed by atoms with Gasteiger partial charge in [-0.3, -0.25) is 10.1 Å². The van der Waals surface area contributed by atoms with Crippen molar-refractivity contribution in [3.8, 4) is 10.4 Å². The Balaban J connectivity index is 1.49. The molecule has 26 heavy (non-hydrogen) atoms. The fourth-order valence-electron chi connectivity index (χ4n) is 2.54. The average molecular weight is 398 g/mol. The first-order valence-corrected chi connectivity index (χ1v) is 10.8. The second-order valence-electron chi connectivity index (χ2n) is 6.23. The Morgan fingerprint density at radius 3 is 2.81 bits per heavy atom. The summed E-state index contributed by atoms with van der Waals surface area (Å²) in [6.45, 7) is 2.10. The van der Waals surface area contributed by atoms with Crippen LogP contribution in [-0.2, 0) is 0 Å². The van der Waals surface area contributed by atoms with Gasteiger partial charge in [-0.25, -0.2) is 9.97 Å². The van der Waals surface area contributed by atoms with Crippen LogP contribution in [0.25, 0.3) is 20.7 Å². The quantitative estimate of drug-likeness (QED) is 0.508. The third kappa shape index (κ3) is 3.32. The summed E-state index contributed by atoms with van der Waals surface area (Å²) >= 11 is 4.88. The van der Waals surface area contributed by atoms with Crippen LogP contribution in [0.5, 0.6) is 0 Å². The monoisotopic (exact) mass is 397 g/mol. The Morgan fingerprint density at radius 2 is 2.00 bits per heavy atom. The summed E-state index contributed by atoms with van der Waals surface area (Å²) in [5.41, 5.74) is 3.45. The number of benzene rings is 1. The van der Waals surface area contributed by atoms with Crippen LogP contribution in [0.3, 0.4) is 0 Å². The van der Waals surface area contributed by atoms with Crippen molar-refractivity contribution in [2.45, 2.75) is 35.2 Å². The number of nitrogens with one attached hydrogen (secondary N) is 1. The molecule has 1 aliphatic rings. The van der Waals surface area contributed by atoms with E-state index in [0.717, 1.165) is 24.4 Å². The molecule has 5 rings (SSSR count). The molecule has 4 aromatic rings. The fourth-order valence-corrected chi connectivity index (χ4v) is 5.53. The van der Waals surface area contributed by atoms with Crippen LogP contribution in [-0.4, -0.2) is 26.2 Å². The lowest BCUT2D eigenvalue weighted by atomic mass is 10.1. The lowest BCUT2D eigenvalue weighted by Gasteiger charge is -1.97. The molecule has 130 valence electrons. The standard InChI is InChI=1S/C18H15N5S3/c1-10-2-4-11(5-3-10)14-8-13-15(24-14)16(20-9-19-13)25-18-23-22-17(26-18)21-12-6-7-12/h2-5,8-9,12H,6-7H2,1H3,(H,21,22). The largest absolute Gasteiger partial charge is 0.254 e. The van der Waals surface area contributed by atoms with E-state index < -0.39 is 0 Å². The molecule has 1 fully saturated rings. The van der Waals surface area contributed by atoms with Gasteiger partial charge in [0.05, 0.1) is 16.3 Å². The van der Waals surface area contributed by atoms with Gasteiger partial charge in [-0.05, 0) is 43.2 Å². The van der Waals surface area contributed by atoms with E-state index in [0.29, 0.717) is 6.04 Å². The number of hydrogen-bond donors (Lipinski definition) is 1. The summed E-state index contributed by atoms with van der Waals surface area (Å²) in [6.07, 6.45) is 4.01. The molecule has 8 heteroatoms. The maximum Gasteiger partial charge on any atom is 0.201 e. The van der Waals surface area contributed by atoms with E-state index in [9.17, 15) is 0 Å². The Kier molecular flexibility index (Phi) is 4.11. The van der Waals surface area contributed by atoms with Gasteiger partial charge in [0.15, 0.2) is 4.34 Å². The number of nitrogens with zero attached hydrogens (tertiary/aromatic N) is 4. The molecule has 0 saturated heterocycles. The van der Waals surface area contributed by atoms with E-state index in [2.05, 4.69) is 62.4 Å². The second-order valence-corrected chi connectivity index (χ2v) is 9.49. The molecule has 1 N–H and O–H groups in total. The molecule has 0 radical (unpaired) electrons. The number of rotatable bonds is 4. The van der Waals surface area contributed by atoms with Crippen LogP contribution >= 0.6 is 34.4 Å². The Labute approximate surface area is 162 Å².